The Bertz CT molecular complexity index is 647. The smallest absolute Gasteiger partial charge is 0.136 e. The van der Waals surface area contributed by atoms with Gasteiger partial charge in [0, 0.05) is 17.0 Å². The molecule has 1 nitrogen and oxygen atoms in total. The molecule has 1 heterocycles. The molecule has 0 amide bonds. The average molecular weight is 300 g/mol. The first-order chi connectivity index (χ1) is 9.95. The van der Waals surface area contributed by atoms with Gasteiger partial charge < -0.3 is 0 Å². The van der Waals surface area contributed by atoms with Crippen molar-refractivity contribution in [1.29, 1.82) is 0 Å². The minimum Gasteiger partial charge on any atom is -0.299 e. The molecule has 3 rings (SSSR count). The Morgan fingerprint density at radius 2 is 2.00 bits per heavy atom. The third-order valence-electron chi connectivity index (χ3n) is 5.02. The zero-order valence-electron chi connectivity index (χ0n) is 13.2. The molecule has 0 radical (unpaired) electrons. The Balaban J connectivity index is 1.81. The van der Waals surface area contributed by atoms with Crippen molar-refractivity contribution in [1.82, 2.24) is 0 Å². The van der Waals surface area contributed by atoms with Gasteiger partial charge in [-0.2, -0.15) is 0 Å². The predicted octanol–water partition coefficient (Wildman–Crippen LogP) is 5.48. The Kier molecular flexibility index (Phi) is 3.92. The van der Waals surface area contributed by atoms with Gasteiger partial charge in [0.2, 0.25) is 0 Å². The molecular formula is C19H24OS. The second-order valence-corrected chi connectivity index (χ2v) is 8.37. The summed E-state index contributed by atoms with van der Waals surface area (Å²) in [6, 6.07) is 8.54. The van der Waals surface area contributed by atoms with Crippen molar-refractivity contribution in [3.05, 3.63) is 35.2 Å². The van der Waals surface area contributed by atoms with Crippen LogP contribution in [0.15, 0.2) is 29.6 Å². The van der Waals surface area contributed by atoms with Crippen LogP contribution in [-0.4, -0.2) is 5.78 Å². The number of fused-ring (bicyclic) bond motifs is 1. The van der Waals surface area contributed by atoms with Crippen LogP contribution >= 0.6 is 11.3 Å². The molecule has 112 valence electrons. The number of benzene rings is 1. The minimum absolute atomic E-state index is 0.223. The Morgan fingerprint density at radius 3 is 2.76 bits per heavy atom. The molecule has 2 unspecified atom stereocenters. The molecule has 1 fully saturated rings. The van der Waals surface area contributed by atoms with Crippen molar-refractivity contribution in [2.75, 3.05) is 0 Å². The first kappa shape index (κ1) is 14.8. The lowest BCUT2D eigenvalue weighted by molar-refractivity contribution is -0.126. The fraction of sp³-hybridized carbons (Fsp3) is 0.526. The molecule has 1 aliphatic carbocycles. The Hall–Kier alpha value is -1.15. The van der Waals surface area contributed by atoms with Gasteiger partial charge in [0.1, 0.15) is 5.78 Å². The molecule has 1 aromatic heterocycles. The lowest BCUT2D eigenvalue weighted by Gasteiger charge is -2.37. The fourth-order valence-corrected chi connectivity index (χ4v) is 4.53. The van der Waals surface area contributed by atoms with Crippen molar-refractivity contribution in [2.45, 2.75) is 46.5 Å². The van der Waals surface area contributed by atoms with E-state index in [0.29, 0.717) is 17.1 Å². The maximum absolute atomic E-state index is 12.3. The Labute approximate surface area is 131 Å². The van der Waals surface area contributed by atoms with E-state index >= 15 is 0 Å². The molecule has 2 heteroatoms. The number of hydrogen-bond donors (Lipinski definition) is 0. The average Bonchev–Trinajstić information content (AvgIpc) is 2.83. The summed E-state index contributed by atoms with van der Waals surface area (Å²) in [5.41, 5.74) is 1.68. The summed E-state index contributed by atoms with van der Waals surface area (Å²) < 4.78 is 1.34. The highest BCUT2D eigenvalue weighted by Crippen LogP contribution is 2.40. The molecule has 1 aliphatic rings. The lowest BCUT2D eigenvalue weighted by Crippen LogP contribution is -2.33. The molecule has 2 aromatic rings. The molecule has 0 N–H and O–H groups in total. The molecule has 0 bridgehead atoms. The number of carbonyl (C=O) groups is 1. The van der Waals surface area contributed by atoms with Gasteiger partial charge in [0.15, 0.2) is 0 Å². The van der Waals surface area contributed by atoms with E-state index in [9.17, 15) is 4.79 Å². The second-order valence-electron chi connectivity index (χ2n) is 7.46. The molecule has 2 atom stereocenters. The van der Waals surface area contributed by atoms with Gasteiger partial charge in [-0.05, 0) is 53.0 Å². The summed E-state index contributed by atoms with van der Waals surface area (Å²) in [6.45, 7) is 6.93. The third kappa shape index (κ3) is 3.06. The highest BCUT2D eigenvalue weighted by atomic mass is 32.1. The van der Waals surface area contributed by atoms with Crippen LogP contribution in [0.2, 0.25) is 0 Å². The first-order valence-corrected chi connectivity index (χ1v) is 8.81. The van der Waals surface area contributed by atoms with Crippen molar-refractivity contribution in [3.8, 4) is 0 Å². The molecular weight excluding hydrogens is 276 g/mol. The van der Waals surface area contributed by atoms with Gasteiger partial charge in [-0.25, -0.2) is 0 Å². The maximum Gasteiger partial charge on any atom is 0.136 e. The molecule has 0 aliphatic heterocycles. The van der Waals surface area contributed by atoms with Crippen molar-refractivity contribution in [3.63, 3.8) is 0 Å². The summed E-state index contributed by atoms with van der Waals surface area (Å²) in [7, 11) is 0. The van der Waals surface area contributed by atoms with E-state index in [-0.39, 0.29) is 5.92 Å². The van der Waals surface area contributed by atoms with Crippen LogP contribution in [0.25, 0.3) is 10.1 Å². The summed E-state index contributed by atoms with van der Waals surface area (Å²) in [6.07, 6.45) is 3.83. The van der Waals surface area contributed by atoms with Crippen LogP contribution in [0.4, 0.5) is 0 Å². The van der Waals surface area contributed by atoms with E-state index in [1.807, 2.05) is 0 Å². The SMILES string of the molecule is CC(C)(C)C1CCC(=O)C(Cc2csc3ccccc23)C1. The van der Waals surface area contributed by atoms with Gasteiger partial charge in [-0.15, -0.1) is 11.3 Å². The largest absolute Gasteiger partial charge is 0.299 e. The number of carbonyl (C=O) groups excluding carboxylic acids is 1. The van der Waals surface area contributed by atoms with Crippen LogP contribution in [0.5, 0.6) is 0 Å². The second kappa shape index (κ2) is 5.57. The van der Waals surface area contributed by atoms with Crippen LogP contribution in [0, 0.1) is 17.3 Å². The number of thiophene rings is 1. The summed E-state index contributed by atoms with van der Waals surface area (Å²) in [4.78, 5) is 12.3. The minimum atomic E-state index is 0.223. The van der Waals surface area contributed by atoms with Gasteiger partial charge >= 0.3 is 0 Å². The lowest BCUT2D eigenvalue weighted by atomic mass is 9.67. The maximum atomic E-state index is 12.3. The predicted molar refractivity (Wildman–Crippen MR) is 90.8 cm³/mol. The number of ketones is 1. The van der Waals surface area contributed by atoms with Gasteiger partial charge in [0.25, 0.3) is 0 Å². The van der Waals surface area contributed by atoms with Gasteiger partial charge in [-0.1, -0.05) is 39.0 Å². The van der Waals surface area contributed by atoms with Crippen LogP contribution < -0.4 is 0 Å². The zero-order valence-corrected chi connectivity index (χ0v) is 14.0. The summed E-state index contributed by atoms with van der Waals surface area (Å²) >= 11 is 1.80. The van der Waals surface area contributed by atoms with Crippen LogP contribution in [0.3, 0.4) is 0 Å². The van der Waals surface area contributed by atoms with Crippen molar-refractivity contribution >= 4 is 27.2 Å². The topological polar surface area (TPSA) is 17.1 Å². The van der Waals surface area contributed by atoms with E-state index in [1.54, 1.807) is 11.3 Å². The highest BCUT2D eigenvalue weighted by molar-refractivity contribution is 7.17. The van der Waals surface area contributed by atoms with Crippen LogP contribution in [-0.2, 0) is 11.2 Å². The van der Waals surface area contributed by atoms with Gasteiger partial charge in [0.05, 0.1) is 0 Å². The monoisotopic (exact) mass is 300 g/mol. The summed E-state index contributed by atoms with van der Waals surface area (Å²) in [5.74, 6) is 1.37. The van der Waals surface area contributed by atoms with E-state index in [2.05, 4.69) is 50.4 Å². The summed E-state index contributed by atoms with van der Waals surface area (Å²) in [5, 5.41) is 3.59. The van der Waals surface area contributed by atoms with Gasteiger partial charge in [-0.3, -0.25) is 4.79 Å². The Morgan fingerprint density at radius 1 is 1.24 bits per heavy atom. The third-order valence-corrected chi connectivity index (χ3v) is 6.03. The van der Waals surface area contributed by atoms with Crippen molar-refractivity contribution in [2.24, 2.45) is 17.3 Å². The van der Waals surface area contributed by atoms with Crippen molar-refractivity contribution < 1.29 is 4.79 Å². The van der Waals surface area contributed by atoms with E-state index in [0.717, 1.165) is 25.7 Å². The molecule has 1 saturated carbocycles. The zero-order chi connectivity index (χ0) is 15.0. The normalized spacial score (nSPS) is 23.7. The molecule has 0 spiro atoms. The fourth-order valence-electron chi connectivity index (χ4n) is 3.55. The number of Topliss-reactive ketones (excluding diaryl/α,β-unsaturated/α-hetero) is 1. The standard InChI is InChI=1S/C19H24OS/c1-19(2,3)15-8-9-17(20)13(11-15)10-14-12-21-18-7-5-4-6-16(14)18/h4-7,12-13,15H,8-11H2,1-3H3. The molecule has 21 heavy (non-hydrogen) atoms. The van der Waals surface area contributed by atoms with Crippen LogP contribution in [0.1, 0.15) is 45.6 Å². The van der Waals surface area contributed by atoms with E-state index < -0.39 is 0 Å². The molecule has 1 aromatic carbocycles. The number of rotatable bonds is 2. The molecule has 0 saturated heterocycles. The van der Waals surface area contributed by atoms with E-state index in [4.69, 9.17) is 0 Å². The highest BCUT2D eigenvalue weighted by Gasteiger charge is 2.35. The first-order valence-electron chi connectivity index (χ1n) is 7.93. The van der Waals surface area contributed by atoms with E-state index in [1.165, 1.54) is 15.6 Å². The quantitative estimate of drug-likeness (QED) is 0.718. The number of hydrogen-bond acceptors (Lipinski definition) is 2.